The number of alkyl carbamates (subject to hydrolysis) is 1. The van der Waals surface area contributed by atoms with Gasteiger partial charge in [0, 0.05) is 5.56 Å². The molecule has 0 unspecified atom stereocenters. The Kier molecular flexibility index (Phi) is 8.74. The molecule has 206 valence electrons. The number of hydrogen-bond acceptors (Lipinski definition) is 11. The molecule has 1 amide bonds. The molecule has 0 radical (unpaired) electrons. The Labute approximate surface area is 224 Å². The smallest absolute Gasteiger partial charge is 0.407 e. The van der Waals surface area contributed by atoms with Crippen LogP contribution in [-0.4, -0.2) is 59.5 Å². The molecule has 14 heteroatoms. The summed E-state index contributed by atoms with van der Waals surface area (Å²) in [4.78, 5) is 33.5. The number of nitrogens with zero attached hydrogens (tertiary/aromatic N) is 7. The number of ether oxygens (including phenoxy) is 3. The summed E-state index contributed by atoms with van der Waals surface area (Å²) < 4.78 is 30.8. The van der Waals surface area contributed by atoms with Gasteiger partial charge in [-0.15, -0.1) is 10.2 Å². The Hall–Kier alpha value is -4.67. The van der Waals surface area contributed by atoms with Crippen LogP contribution in [0.4, 0.5) is 9.18 Å². The van der Waals surface area contributed by atoms with E-state index in [9.17, 15) is 14.0 Å². The molecular weight excluding hydrogens is 511 g/mol. The minimum Gasteiger partial charge on any atom is -0.460 e. The number of rotatable bonds is 8. The van der Waals surface area contributed by atoms with Crippen LogP contribution < -0.4 is 10.1 Å². The number of carbonyl (C=O) groups is 2. The maximum atomic E-state index is 14.7. The van der Waals surface area contributed by atoms with Gasteiger partial charge < -0.3 is 19.5 Å². The number of aromatic nitrogens is 6. The molecular formula is C25H29FN8O5. The van der Waals surface area contributed by atoms with Crippen molar-refractivity contribution in [3.05, 3.63) is 42.2 Å². The van der Waals surface area contributed by atoms with E-state index >= 15 is 0 Å². The number of carbonyl (C=O) groups excluding carboxylic acids is 2. The first-order valence-corrected chi connectivity index (χ1v) is 11.9. The van der Waals surface area contributed by atoms with Crippen molar-refractivity contribution in [3.8, 4) is 29.0 Å². The van der Waals surface area contributed by atoms with Crippen LogP contribution in [-0.2, 0) is 20.8 Å². The molecule has 2 heterocycles. The first-order valence-electron chi connectivity index (χ1n) is 11.9. The highest BCUT2D eigenvalue weighted by atomic mass is 19.1. The fourth-order valence-corrected chi connectivity index (χ4v) is 3.13. The molecule has 1 aromatic carbocycles. The van der Waals surface area contributed by atoms with Crippen LogP contribution in [0.15, 0.2) is 30.6 Å². The number of esters is 1. The van der Waals surface area contributed by atoms with Gasteiger partial charge in [0.15, 0.2) is 17.3 Å². The Morgan fingerprint density at radius 2 is 1.77 bits per heavy atom. The predicted molar refractivity (Wildman–Crippen MR) is 134 cm³/mol. The predicted octanol–water partition coefficient (Wildman–Crippen LogP) is 3.56. The van der Waals surface area contributed by atoms with Crippen molar-refractivity contribution in [1.82, 2.24) is 35.5 Å². The van der Waals surface area contributed by atoms with E-state index in [-0.39, 0.29) is 36.1 Å². The summed E-state index contributed by atoms with van der Waals surface area (Å²) >= 11 is 0. The number of halogens is 1. The van der Waals surface area contributed by atoms with Crippen molar-refractivity contribution in [2.24, 2.45) is 0 Å². The van der Waals surface area contributed by atoms with Crippen molar-refractivity contribution < 1.29 is 28.2 Å². The summed E-state index contributed by atoms with van der Waals surface area (Å²) in [6.45, 7) is 10.3. The zero-order valence-corrected chi connectivity index (χ0v) is 22.4. The van der Waals surface area contributed by atoms with E-state index in [0.717, 1.165) is 6.07 Å². The van der Waals surface area contributed by atoms with Gasteiger partial charge in [-0.05, 0) is 65.0 Å². The van der Waals surface area contributed by atoms with Gasteiger partial charge in [-0.2, -0.15) is 10.1 Å². The lowest BCUT2D eigenvalue weighted by molar-refractivity contribution is -0.155. The Bertz CT molecular complexity index is 1330. The van der Waals surface area contributed by atoms with Crippen molar-refractivity contribution in [2.75, 3.05) is 0 Å². The number of hydrogen-bond donors (Lipinski definition) is 1. The molecule has 1 N–H and O–H groups in total. The lowest BCUT2D eigenvalue weighted by Gasteiger charge is -2.24. The quantitative estimate of drug-likeness (QED) is 0.415. The summed E-state index contributed by atoms with van der Waals surface area (Å²) in [7, 11) is 0. The van der Waals surface area contributed by atoms with Crippen molar-refractivity contribution in [2.45, 2.75) is 71.8 Å². The van der Waals surface area contributed by atoms with Crippen molar-refractivity contribution >= 4 is 12.1 Å². The highest BCUT2D eigenvalue weighted by molar-refractivity contribution is 5.73. The van der Waals surface area contributed by atoms with E-state index in [1.54, 1.807) is 47.6 Å². The van der Waals surface area contributed by atoms with Gasteiger partial charge in [-0.3, -0.25) is 4.79 Å². The normalized spacial score (nSPS) is 12.3. The first-order chi connectivity index (χ1) is 18.2. The van der Waals surface area contributed by atoms with Crippen LogP contribution in [0.2, 0.25) is 0 Å². The monoisotopic (exact) mass is 540 g/mol. The first kappa shape index (κ1) is 28.9. The third kappa shape index (κ3) is 9.29. The van der Waals surface area contributed by atoms with E-state index in [4.69, 9.17) is 19.5 Å². The summed E-state index contributed by atoms with van der Waals surface area (Å²) in [6.07, 6.45) is 1.62. The molecule has 3 aromatic rings. The number of tetrazole rings is 1. The summed E-state index contributed by atoms with van der Waals surface area (Å²) in [6, 6.07) is 5.07. The van der Waals surface area contributed by atoms with Crippen LogP contribution in [0.1, 0.15) is 53.8 Å². The van der Waals surface area contributed by atoms with Gasteiger partial charge in [0.25, 0.3) is 0 Å². The van der Waals surface area contributed by atoms with Gasteiger partial charge >= 0.3 is 12.1 Å². The fraction of sp³-hybridized carbons (Fsp3) is 0.440. The average Bonchev–Trinajstić information content (AvgIpc) is 3.26. The minimum absolute atomic E-state index is 0.0339. The summed E-state index contributed by atoms with van der Waals surface area (Å²) in [5.74, 6) is -1.12. The Balaban J connectivity index is 1.73. The van der Waals surface area contributed by atoms with E-state index in [1.807, 2.05) is 0 Å². The van der Waals surface area contributed by atoms with Crippen LogP contribution in [0.3, 0.4) is 0 Å². The molecule has 0 aliphatic carbocycles. The van der Waals surface area contributed by atoms with E-state index in [0.29, 0.717) is 5.56 Å². The molecule has 13 nitrogen and oxygen atoms in total. The molecule has 0 saturated heterocycles. The average molecular weight is 541 g/mol. The topological polar surface area (TPSA) is 167 Å². The Morgan fingerprint density at radius 1 is 1.10 bits per heavy atom. The van der Waals surface area contributed by atoms with Crippen LogP contribution in [0.5, 0.6) is 11.5 Å². The second kappa shape index (κ2) is 11.8. The number of nitriles is 1. The van der Waals surface area contributed by atoms with Gasteiger partial charge in [0.1, 0.15) is 17.3 Å². The van der Waals surface area contributed by atoms with E-state index < -0.39 is 35.1 Å². The van der Waals surface area contributed by atoms with Gasteiger partial charge in [-0.1, -0.05) is 0 Å². The van der Waals surface area contributed by atoms with Crippen molar-refractivity contribution in [1.29, 1.82) is 5.26 Å². The number of nitrogens with one attached hydrogen (secondary N) is 1. The van der Waals surface area contributed by atoms with E-state index in [1.165, 1.54) is 29.3 Å². The fourth-order valence-electron chi connectivity index (χ4n) is 3.13. The molecule has 3 rings (SSSR count). The van der Waals surface area contributed by atoms with Crippen LogP contribution >= 0.6 is 0 Å². The molecule has 0 bridgehead atoms. The zero-order chi connectivity index (χ0) is 28.8. The molecule has 0 fully saturated rings. The third-order valence-corrected chi connectivity index (χ3v) is 4.54. The number of amides is 1. The highest BCUT2D eigenvalue weighted by Gasteiger charge is 2.25. The molecule has 0 spiro atoms. The van der Waals surface area contributed by atoms with Gasteiger partial charge in [0.2, 0.25) is 11.6 Å². The van der Waals surface area contributed by atoms with Crippen LogP contribution in [0.25, 0.3) is 11.4 Å². The SMILES string of the molecule is CC(C)(C)OC(=O)C[C@@H](Cn1nnc(-c2ccc(Oc3cnc(C#N)nc3)c(F)c2)n1)NC(=O)OC(C)(C)C. The molecule has 0 saturated carbocycles. The minimum atomic E-state index is -0.779. The maximum Gasteiger partial charge on any atom is 0.407 e. The Morgan fingerprint density at radius 3 is 2.36 bits per heavy atom. The third-order valence-electron chi connectivity index (χ3n) is 4.54. The van der Waals surface area contributed by atoms with Crippen molar-refractivity contribution in [3.63, 3.8) is 0 Å². The second-order valence-electron chi connectivity index (χ2n) is 10.4. The van der Waals surface area contributed by atoms with Gasteiger partial charge in [-0.25, -0.2) is 19.2 Å². The molecule has 39 heavy (non-hydrogen) atoms. The van der Waals surface area contributed by atoms with Crippen LogP contribution in [0, 0.1) is 17.1 Å². The lowest BCUT2D eigenvalue weighted by Crippen LogP contribution is -2.43. The number of benzene rings is 1. The van der Waals surface area contributed by atoms with Gasteiger partial charge in [0.05, 0.1) is 31.4 Å². The lowest BCUT2D eigenvalue weighted by atomic mass is 10.1. The summed E-state index contributed by atoms with van der Waals surface area (Å²) in [5.41, 5.74) is -1.14. The maximum absolute atomic E-state index is 14.7. The second-order valence-corrected chi connectivity index (χ2v) is 10.4. The molecule has 0 aliphatic rings. The summed E-state index contributed by atoms with van der Waals surface area (Å²) in [5, 5.41) is 23.6. The highest BCUT2D eigenvalue weighted by Crippen LogP contribution is 2.27. The molecule has 2 aromatic heterocycles. The molecule has 1 atom stereocenters. The van der Waals surface area contributed by atoms with E-state index in [2.05, 4.69) is 30.7 Å². The largest absolute Gasteiger partial charge is 0.460 e. The zero-order valence-electron chi connectivity index (χ0n) is 22.4. The standard InChI is InChI=1S/C25H29FN8O5/c1-24(2,3)38-21(35)10-16(30-23(36)39-25(4,5)6)14-34-32-22(31-33-34)15-7-8-19(18(26)9-15)37-17-12-28-20(11-27)29-13-17/h7-9,12-13,16H,10,14H2,1-6H3,(H,30,36)/t16-/m0/s1. The molecule has 0 aliphatic heterocycles.